The summed E-state index contributed by atoms with van der Waals surface area (Å²) in [7, 11) is 3.63. The number of carboxylic acid groups (broad SMARTS) is 1. The van der Waals surface area contributed by atoms with E-state index in [9.17, 15) is 9.90 Å². The first kappa shape index (κ1) is 27.0. The number of aryl methyl sites for hydroxylation is 2. The predicted octanol–water partition coefficient (Wildman–Crippen LogP) is 5.59. The zero-order valence-electron chi connectivity index (χ0n) is 22.0. The number of imidazole rings is 1. The van der Waals surface area contributed by atoms with E-state index in [1.54, 1.807) is 19.4 Å². The van der Waals surface area contributed by atoms with E-state index in [-0.39, 0.29) is 12.3 Å². The summed E-state index contributed by atoms with van der Waals surface area (Å²) >= 11 is 0. The van der Waals surface area contributed by atoms with Crippen molar-refractivity contribution in [3.63, 3.8) is 0 Å². The first-order chi connectivity index (χ1) is 17.9. The molecule has 1 aromatic carbocycles. The number of alkyl halides is 1. The molecule has 3 heterocycles. The molecular formula is C29H39FN4O3. The van der Waals surface area contributed by atoms with Gasteiger partial charge in [-0.25, -0.2) is 9.37 Å². The number of ether oxygens (including phenoxy) is 1. The molecule has 1 fully saturated rings. The quantitative estimate of drug-likeness (QED) is 0.302. The fourth-order valence-corrected chi connectivity index (χ4v) is 5.70. The highest BCUT2D eigenvalue weighted by molar-refractivity contribution is 5.83. The highest BCUT2D eigenvalue weighted by Gasteiger charge is 2.30. The number of aliphatic carboxylic acids is 1. The molecule has 0 spiro atoms. The monoisotopic (exact) mass is 510 g/mol. The number of pyridine rings is 1. The molecule has 1 aliphatic rings. The third kappa shape index (κ3) is 7.28. The zero-order chi connectivity index (χ0) is 26.2. The van der Waals surface area contributed by atoms with Gasteiger partial charge in [-0.3, -0.25) is 9.78 Å². The number of hydrogen-bond acceptors (Lipinski definition) is 5. The van der Waals surface area contributed by atoms with Gasteiger partial charge in [0.15, 0.2) is 0 Å². The molecule has 7 nitrogen and oxygen atoms in total. The zero-order valence-corrected chi connectivity index (χ0v) is 22.0. The second-order valence-electron chi connectivity index (χ2n) is 10.3. The first-order valence-electron chi connectivity index (χ1n) is 13.4. The Labute approximate surface area is 218 Å². The van der Waals surface area contributed by atoms with Crippen LogP contribution in [0.2, 0.25) is 0 Å². The molecule has 4 rings (SSSR count). The van der Waals surface area contributed by atoms with Gasteiger partial charge in [-0.2, -0.15) is 0 Å². The number of fused-ring (bicyclic) bond motifs is 1. The minimum Gasteiger partial charge on any atom is -0.497 e. The largest absolute Gasteiger partial charge is 0.497 e. The number of methoxy groups -OCH3 is 1. The van der Waals surface area contributed by atoms with Crippen molar-refractivity contribution in [3.8, 4) is 5.75 Å². The number of benzene rings is 1. The van der Waals surface area contributed by atoms with Gasteiger partial charge in [0, 0.05) is 43.5 Å². The minimum absolute atomic E-state index is 0.170. The number of unbranched alkanes of at least 4 members (excludes halogenated alkanes) is 1. The van der Waals surface area contributed by atoms with Gasteiger partial charge in [0.25, 0.3) is 0 Å². The molecule has 3 atom stereocenters. The number of hydrogen-bond donors (Lipinski definition) is 1. The maximum atomic E-state index is 15.5. The lowest BCUT2D eigenvalue weighted by atomic mass is 9.79. The van der Waals surface area contributed by atoms with Gasteiger partial charge in [-0.15, -0.1) is 0 Å². The van der Waals surface area contributed by atoms with Gasteiger partial charge in [-0.05, 0) is 99.7 Å². The van der Waals surface area contributed by atoms with Crippen LogP contribution in [-0.2, 0) is 18.3 Å². The van der Waals surface area contributed by atoms with Crippen LogP contribution in [0.25, 0.3) is 10.9 Å². The van der Waals surface area contributed by atoms with Crippen molar-refractivity contribution in [2.24, 2.45) is 18.9 Å². The van der Waals surface area contributed by atoms with Crippen molar-refractivity contribution in [2.45, 2.75) is 57.5 Å². The molecule has 0 amide bonds. The fourth-order valence-electron chi connectivity index (χ4n) is 5.70. The highest BCUT2D eigenvalue weighted by atomic mass is 19.1. The van der Waals surface area contributed by atoms with E-state index in [1.165, 1.54) is 5.69 Å². The van der Waals surface area contributed by atoms with Crippen molar-refractivity contribution in [1.82, 2.24) is 19.4 Å². The Morgan fingerprint density at radius 3 is 2.86 bits per heavy atom. The van der Waals surface area contributed by atoms with Gasteiger partial charge in [0.2, 0.25) is 0 Å². The minimum atomic E-state index is -1.09. The summed E-state index contributed by atoms with van der Waals surface area (Å²) < 4.78 is 22.9. The molecule has 3 aromatic rings. The molecule has 8 heteroatoms. The molecule has 1 N–H and O–H groups in total. The van der Waals surface area contributed by atoms with E-state index >= 15 is 4.39 Å². The lowest BCUT2D eigenvalue weighted by molar-refractivity contribution is -0.137. The van der Waals surface area contributed by atoms with Crippen molar-refractivity contribution in [3.05, 3.63) is 54.2 Å². The number of rotatable bonds is 13. The molecule has 200 valence electrons. The van der Waals surface area contributed by atoms with Crippen LogP contribution in [0.5, 0.6) is 5.75 Å². The first-order valence-corrected chi connectivity index (χ1v) is 13.4. The van der Waals surface area contributed by atoms with Crippen molar-refractivity contribution in [2.75, 3.05) is 26.7 Å². The molecular weight excluding hydrogens is 471 g/mol. The summed E-state index contributed by atoms with van der Waals surface area (Å²) in [6.45, 7) is 2.91. The second-order valence-corrected chi connectivity index (χ2v) is 10.3. The fraction of sp³-hybridized carbons (Fsp3) is 0.552. The van der Waals surface area contributed by atoms with Crippen LogP contribution in [0.4, 0.5) is 4.39 Å². The molecule has 0 unspecified atom stereocenters. The number of carbonyl (C=O) groups is 1. The van der Waals surface area contributed by atoms with E-state index in [4.69, 9.17) is 4.74 Å². The second kappa shape index (κ2) is 13.0. The maximum Gasteiger partial charge on any atom is 0.303 e. The van der Waals surface area contributed by atoms with E-state index < -0.39 is 12.1 Å². The van der Waals surface area contributed by atoms with E-state index in [0.29, 0.717) is 30.1 Å². The van der Waals surface area contributed by atoms with Gasteiger partial charge >= 0.3 is 5.97 Å². The number of carboxylic acids is 1. The van der Waals surface area contributed by atoms with Crippen LogP contribution in [-0.4, -0.2) is 57.3 Å². The predicted molar refractivity (Wildman–Crippen MR) is 142 cm³/mol. The van der Waals surface area contributed by atoms with Crippen LogP contribution in [0.1, 0.15) is 62.4 Å². The Bertz CT molecular complexity index is 1170. The average molecular weight is 511 g/mol. The average Bonchev–Trinajstić information content (AvgIpc) is 3.32. The smallest absolute Gasteiger partial charge is 0.303 e. The van der Waals surface area contributed by atoms with E-state index in [0.717, 1.165) is 62.6 Å². The van der Waals surface area contributed by atoms with Crippen LogP contribution in [0.3, 0.4) is 0 Å². The van der Waals surface area contributed by atoms with Crippen LogP contribution < -0.4 is 4.74 Å². The normalized spacial score (nSPS) is 19.2. The number of likely N-dealkylation sites (tertiary alicyclic amines) is 1. The van der Waals surface area contributed by atoms with Gasteiger partial charge in [0.1, 0.15) is 11.9 Å². The number of halogens is 1. The topological polar surface area (TPSA) is 80.5 Å². The van der Waals surface area contributed by atoms with Crippen LogP contribution >= 0.6 is 0 Å². The van der Waals surface area contributed by atoms with Crippen LogP contribution in [0.15, 0.2) is 43.0 Å². The van der Waals surface area contributed by atoms with Crippen molar-refractivity contribution >= 4 is 16.9 Å². The Hall–Kier alpha value is -3.00. The van der Waals surface area contributed by atoms with Crippen LogP contribution in [0, 0.1) is 11.8 Å². The van der Waals surface area contributed by atoms with Gasteiger partial charge in [0.05, 0.1) is 19.0 Å². The van der Waals surface area contributed by atoms with E-state index in [1.807, 2.05) is 37.8 Å². The molecule has 1 aliphatic heterocycles. The maximum absolute atomic E-state index is 15.5. The number of piperidine rings is 1. The molecule has 0 aliphatic carbocycles. The van der Waals surface area contributed by atoms with Crippen molar-refractivity contribution in [1.29, 1.82) is 0 Å². The Morgan fingerprint density at radius 1 is 1.24 bits per heavy atom. The Morgan fingerprint density at radius 2 is 2.11 bits per heavy atom. The van der Waals surface area contributed by atoms with Gasteiger partial charge < -0.3 is 19.3 Å². The summed E-state index contributed by atoms with van der Waals surface area (Å²) in [5.74, 6) is 0.553. The molecule has 0 radical (unpaired) electrons. The summed E-state index contributed by atoms with van der Waals surface area (Å²) in [6, 6.07) is 7.32. The molecule has 2 aromatic heterocycles. The third-order valence-corrected chi connectivity index (χ3v) is 7.89. The van der Waals surface area contributed by atoms with Gasteiger partial charge in [-0.1, -0.05) is 0 Å². The summed E-state index contributed by atoms with van der Waals surface area (Å²) in [5, 5.41) is 10.1. The van der Waals surface area contributed by atoms with Crippen molar-refractivity contribution < 1.29 is 19.0 Å². The molecule has 37 heavy (non-hydrogen) atoms. The Kier molecular flexibility index (Phi) is 9.50. The Balaban J connectivity index is 1.32. The lowest BCUT2D eigenvalue weighted by Gasteiger charge is -2.39. The number of aromatic nitrogens is 3. The lowest BCUT2D eigenvalue weighted by Crippen LogP contribution is -2.41. The molecule has 0 bridgehead atoms. The third-order valence-electron chi connectivity index (χ3n) is 7.89. The summed E-state index contributed by atoms with van der Waals surface area (Å²) in [4.78, 5) is 22.3. The summed E-state index contributed by atoms with van der Waals surface area (Å²) in [6.07, 6.45) is 10.6. The molecule has 0 saturated carbocycles. The highest BCUT2D eigenvalue weighted by Crippen LogP contribution is 2.36. The SMILES string of the molecule is COc1ccc2nccc([C@H](F)CC[C@@H]3CCN(CCCCc4cncn4C)C[C@H]3CCC(=O)O)c2c1. The molecule has 1 saturated heterocycles. The number of nitrogens with zero attached hydrogens (tertiary/aromatic N) is 4. The van der Waals surface area contributed by atoms with E-state index in [2.05, 4.69) is 19.4 Å². The standard InChI is InChI=1S/C29H39FN4O3/c1-33-20-31-18-23(33)5-3-4-15-34-16-13-21(22(19-34)7-11-29(35)36)6-9-27(30)25-12-14-32-28-10-8-24(37-2)17-26(25)28/h8,10,12,14,17-18,20-22,27H,3-7,9,11,13,15-16,19H2,1-2H3,(H,35,36)/t21-,22-,27-/m1/s1. The summed E-state index contributed by atoms with van der Waals surface area (Å²) in [5.41, 5.74) is 2.66.